The third-order valence-electron chi connectivity index (χ3n) is 0.541. The van der Waals surface area contributed by atoms with Crippen molar-refractivity contribution in [2.75, 3.05) is 0 Å². The van der Waals surface area contributed by atoms with E-state index in [4.69, 9.17) is 0 Å². The largest absolute Gasteiger partial charge is 0.261 e. The fourth-order valence-electron chi connectivity index (χ4n) is 0.198. The van der Waals surface area contributed by atoms with Gasteiger partial charge in [0.2, 0.25) is 0 Å². The molecule has 0 radical (unpaired) electrons. The van der Waals surface area contributed by atoms with Crippen LogP contribution in [0.2, 0.25) is 0 Å². The van der Waals surface area contributed by atoms with Crippen LogP contribution in [0.5, 0.6) is 0 Å². The summed E-state index contributed by atoms with van der Waals surface area (Å²) >= 11 is 2.14. The van der Waals surface area contributed by atoms with Crippen molar-refractivity contribution in [1.82, 2.24) is 0 Å². The van der Waals surface area contributed by atoms with E-state index in [-0.39, 0.29) is 0 Å². The minimum absolute atomic E-state index is 1.01. The lowest BCUT2D eigenvalue weighted by molar-refractivity contribution is 1.34. The lowest BCUT2D eigenvalue weighted by Gasteiger charge is -1.81. The quantitative estimate of drug-likeness (QED) is 0.501. The van der Waals surface area contributed by atoms with E-state index in [1.165, 1.54) is 0 Å². The molecule has 0 N–H and O–H groups in total. The highest BCUT2D eigenvalue weighted by Crippen LogP contribution is 1.96. The first-order valence-corrected chi connectivity index (χ1v) is 3.48. The average molecular weight is 221 g/mol. The standard InChI is InChI=1S/C6H8IN/c1-3-4-8-6(2)5-7/h3-5H,1H2,2H3/b6-5-,8-4?. The molecule has 8 heavy (non-hydrogen) atoms. The van der Waals surface area contributed by atoms with Crippen LogP contribution >= 0.6 is 22.6 Å². The molecule has 0 aromatic carbocycles. The van der Waals surface area contributed by atoms with E-state index in [0.717, 1.165) is 5.70 Å². The second kappa shape index (κ2) is 5.03. The molecule has 0 bridgehead atoms. The number of aliphatic imine (C=N–C) groups is 1. The van der Waals surface area contributed by atoms with Crippen LogP contribution in [0.4, 0.5) is 0 Å². The number of allylic oxidation sites excluding steroid dienone is 2. The Labute approximate surface area is 63.3 Å². The number of hydrogen-bond donors (Lipinski definition) is 0. The van der Waals surface area contributed by atoms with E-state index in [1.807, 2.05) is 11.0 Å². The topological polar surface area (TPSA) is 12.4 Å². The van der Waals surface area contributed by atoms with Gasteiger partial charge in [0.15, 0.2) is 0 Å². The SMILES string of the molecule is C=CC=N/C(C)=C\I. The highest BCUT2D eigenvalue weighted by molar-refractivity contribution is 14.1. The summed E-state index contributed by atoms with van der Waals surface area (Å²) in [5.41, 5.74) is 1.01. The summed E-state index contributed by atoms with van der Waals surface area (Å²) in [4.78, 5) is 3.97. The zero-order valence-corrected chi connectivity index (χ0v) is 6.92. The van der Waals surface area contributed by atoms with Gasteiger partial charge in [0.25, 0.3) is 0 Å². The number of hydrogen-bond acceptors (Lipinski definition) is 1. The Hall–Kier alpha value is -0.120. The first-order valence-electron chi connectivity index (χ1n) is 2.23. The highest BCUT2D eigenvalue weighted by Gasteiger charge is 1.72. The van der Waals surface area contributed by atoms with Gasteiger partial charge < -0.3 is 0 Å². The van der Waals surface area contributed by atoms with Crippen LogP contribution in [0.25, 0.3) is 0 Å². The van der Waals surface area contributed by atoms with Crippen LogP contribution in [0.1, 0.15) is 6.92 Å². The minimum atomic E-state index is 1.01. The molecule has 0 aromatic heterocycles. The van der Waals surface area contributed by atoms with Gasteiger partial charge in [-0.1, -0.05) is 35.2 Å². The molecule has 0 aromatic rings. The van der Waals surface area contributed by atoms with Gasteiger partial charge in [0, 0.05) is 11.9 Å². The molecule has 2 heteroatoms. The average Bonchev–Trinajstić information content (AvgIpc) is 1.83. The number of nitrogens with zero attached hydrogens (tertiary/aromatic N) is 1. The third kappa shape index (κ3) is 4.05. The van der Waals surface area contributed by atoms with Crippen LogP contribution in [0, 0.1) is 0 Å². The van der Waals surface area contributed by atoms with Gasteiger partial charge in [0.05, 0.1) is 0 Å². The maximum Gasteiger partial charge on any atom is 0.0433 e. The smallest absolute Gasteiger partial charge is 0.0433 e. The second-order valence-electron chi connectivity index (χ2n) is 1.26. The second-order valence-corrected chi connectivity index (χ2v) is 1.89. The molecule has 0 atom stereocenters. The molecule has 44 valence electrons. The molecular weight excluding hydrogens is 213 g/mol. The van der Waals surface area contributed by atoms with Crippen LogP contribution < -0.4 is 0 Å². The van der Waals surface area contributed by atoms with Crippen molar-refractivity contribution >= 4 is 28.8 Å². The molecule has 1 nitrogen and oxygen atoms in total. The van der Waals surface area contributed by atoms with Gasteiger partial charge in [-0.05, 0) is 11.0 Å². The maximum absolute atomic E-state index is 3.97. The van der Waals surface area contributed by atoms with Crippen molar-refractivity contribution in [2.45, 2.75) is 6.92 Å². The fourth-order valence-corrected chi connectivity index (χ4v) is 0.359. The van der Waals surface area contributed by atoms with Crippen molar-refractivity contribution < 1.29 is 0 Å². The van der Waals surface area contributed by atoms with Crippen LogP contribution in [-0.2, 0) is 0 Å². The molecule has 0 aliphatic rings. The minimum Gasteiger partial charge on any atom is -0.261 e. The number of halogens is 1. The van der Waals surface area contributed by atoms with E-state index in [1.54, 1.807) is 12.3 Å². The third-order valence-corrected chi connectivity index (χ3v) is 1.44. The lowest BCUT2D eigenvalue weighted by Crippen LogP contribution is -1.65. The van der Waals surface area contributed by atoms with Gasteiger partial charge in [-0.25, -0.2) is 0 Å². The normalized spacial score (nSPS) is 12.5. The maximum atomic E-state index is 3.97. The summed E-state index contributed by atoms with van der Waals surface area (Å²) < 4.78 is 1.91. The summed E-state index contributed by atoms with van der Waals surface area (Å²) in [5, 5.41) is 0. The van der Waals surface area contributed by atoms with E-state index in [2.05, 4.69) is 34.2 Å². The van der Waals surface area contributed by atoms with Crippen molar-refractivity contribution in [3.05, 3.63) is 22.4 Å². The van der Waals surface area contributed by atoms with Crippen molar-refractivity contribution in [3.63, 3.8) is 0 Å². The Balaban J connectivity index is 3.69. The van der Waals surface area contributed by atoms with Crippen molar-refractivity contribution in [3.8, 4) is 0 Å². The Morgan fingerprint density at radius 1 is 1.75 bits per heavy atom. The highest BCUT2D eigenvalue weighted by atomic mass is 127. The monoisotopic (exact) mass is 221 g/mol. The molecule has 0 fully saturated rings. The van der Waals surface area contributed by atoms with E-state index in [9.17, 15) is 0 Å². The van der Waals surface area contributed by atoms with Crippen LogP contribution in [0.3, 0.4) is 0 Å². The van der Waals surface area contributed by atoms with E-state index in [0.29, 0.717) is 0 Å². The predicted molar refractivity (Wildman–Crippen MR) is 46.5 cm³/mol. The Morgan fingerprint density at radius 3 is 2.75 bits per heavy atom. The summed E-state index contributed by atoms with van der Waals surface area (Å²) in [6.07, 6.45) is 3.33. The Morgan fingerprint density at radius 2 is 2.38 bits per heavy atom. The Kier molecular flexibility index (Phi) is 4.95. The summed E-state index contributed by atoms with van der Waals surface area (Å²) in [5.74, 6) is 0. The first kappa shape index (κ1) is 7.88. The fraction of sp³-hybridized carbons (Fsp3) is 0.167. The molecule has 0 saturated carbocycles. The Bertz CT molecular complexity index is 124. The summed E-state index contributed by atoms with van der Waals surface area (Å²) in [6.45, 7) is 5.42. The summed E-state index contributed by atoms with van der Waals surface area (Å²) in [7, 11) is 0. The molecule has 0 heterocycles. The van der Waals surface area contributed by atoms with Crippen LogP contribution in [0.15, 0.2) is 27.4 Å². The van der Waals surface area contributed by atoms with Gasteiger partial charge in [-0.15, -0.1) is 0 Å². The zero-order valence-electron chi connectivity index (χ0n) is 4.76. The molecular formula is C6H8IN. The molecule has 0 saturated heterocycles. The van der Waals surface area contributed by atoms with E-state index < -0.39 is 0 Å². The van der Waals surface area contributed by atoms with Crippen molar-refractivity contribution in [1.29, 1.82) is 0 Å². The van der Waals surface area contributed by atoms with Gasteiger partial charge in [-0.2, -0.15) is 0 Å². The van der Waals surface area contributed by atoms with Crippen LogP contribution in [-0.4, -0.2) is 6.21 Å². The lowest BCUT2D eigenvalue weighted by atomic mass is 10.6. The molecule has 0 aliphatic heterocycles. The molecule has 0 spiro atoms. The van der Waals surface area contributed by atoms with Gasteiger partial charge in [-0.3, -0.25) is 4.99 Å². The van der Waals surface area contributed by atoms with E-state index >= 15 is 0 Å². The van der Waals surface area contributed by atoms with Gasteiger partial charge in [0.1, 0.15) is 0 Å². The van der Waals surface area contributed by atoms with Crippen molar-refractivity contribution in [2.24, 2.45) is 4.99 Å². The first-order chi connectivity index (χ1) is 3.81. The molecule has 0 unspecified atom stereocenters. The zero-order chi connectivity index (χ0) is 6.41. The predicted octanol–water partition coefficient (Wildman–Crippen LogP) is 2.54. The molecule has 0 rings (SSSR count). The molecule has 0 amide bonds. The number of rotatable bonds is 2. The summed E-state index contributed by atoms with van der Waals surface area (Å²) in [6, 6.07) is 0. The molecule has 0 aliphatic carbocycles. The van der Waals surface area contributed by atoms with Gasteiger partial charge >= 0.3 is 0 Å².